The molecule has 0 atom stereocenters. The molecular formula is C23H21N5O. The van der Waals surface area contributed by atoms with Crippen LogP contribution in [0.3, 0.4) is 0 Å². The Balaban J connectivity index is 1.46. The highest BCUT2D eigenvalue weighted by Crippen LogP contribution is 2.23. The summed E-state index contributed by atoms with van der Waals surface area (Å²) in [6.45, 7) is 4.27. The van der Waals surface area contributed by atoms with Crippen LogP contribution in [0.25, 0.3) is 10.9 Å². The van der Waals surface area contributed by atoms with Crippen LogP contribution in [-0.2, 0) is 0 Å². The highest BCUT2D eigenvalue weighted by Gasteiger charge is 2.09. The van der Waals surface area contributed by atoms with Crippen LogP contribution in [0.15, 0.2) is 73.2 Å². The molecule has 0 bridgehead atoms. The number of amides is 1. The number of nitrogens with zero attached hydrogens (tertiary/aromatic N) is 3. The molecule has 0 radical (unpaired) electrons. The molecule has 0 saturated heterocycles. The van der Waals surface area contributed by atoms with Gasteiger partial charge in [0.25, 0.3) is 5.91 Å². The lowest BCUT2D eigenvalue weighted by atomic mass is 10.0. The predicted octanol–water partition coefficient (Wildman–Crippen LogP) is 5.14. The van der Waals surface area contributed by atoms with Crippen molar-refractivity contribution in [2.75, 3.05) is 10.6 Å². The topological polar surface area (TPSA) is 79.8 Å². The van der Waals surface area contributed by atoms with Crippen LogP contribution >= 0.6 is 0 Å². The molecular weight excluding hydrogens is 362 g/mol. The molecule has 0 spiro atoms. The summed E-state index contributed by atoms with van der Waals surface area (Å²) in [4.78, 5) is 25.4. The largest absolute Gasteiger partial charge is 0.322 e. The molecule has 4 aromatic rings. The summed E-state index contributed by atoms with van der Waals surface area (Å²) in [5.74, 6) is 0.604. The van der Waals surface area contributed by atoms with Gasteiger partial charge in [0.05, 0.1) is 16.8 Å². The van der Waals surface area contributed by atoms with Gasteiger partial charge in [-0.2, -0.15) is 0 Å². The third kappa shape index (κ3) is 4.21. The molecule has 4 rings (SSSR count). The summed E-state index contributed by atoms with van der Waals surface area (Å²) in [6.07, 6.45) is 4.76. The van der Waals surface area contributed by atoms with E-state index in [1.165, 1.54) is 18.0 Å². The van der Waals surface area contributed by atoms with E-state index < -0.39 is 0 Å². The highest BCUT2D eigenvalue weighted by molar-refractivity contribution is 6.04. The van der Waals surface area contributed by atoms with Gasteiger partial charge in [0, 0.05) is 29.7 Å². The fraction of sp³-hybridized carbons (Fsp3) is 0.130. The number of fused-ring (bicyclic) bond motifs is 1. The Labute approximate surface area is 169 Å². The minimum Gasteiger partial charge on any atom is -0.322 e. The van der Waals surface area contributed by atoms with Gasteiger partial charge >= 0.3 is 0 Å². The molecule has 1 amide bonds. The summed E-state index contributed by atoms with van der Waals surface area (Å²) < 4.78 is 0. The van der Waals surface area contributed by atoms with E-state index in [1.807, 2.05) is 54.6 Å². The third-order valence-electron chi connectivity index (χ3n) is 4.63. The molecule has 0 aliphatic rings. The van der Waals surface area contributed by atoms with Gasteiger partial charge in [0.1, 0.15) is 0 Å². The Morgan fingerprint density at radius 1 is 0.897 bits per heavy atom. The maximum Gasteiger partial charge on any atom is 0.258 e. The second-order valence-electron chi connectivity index (χ2n) is 7.03. The number of rotatable bonds is 5. The molecule has 6 heteroatoms. The van der Waals surface area contributed by atoms with Crippen molar-refractivity contribution in [2.45, 2.75) is 19.8 Å². The van der Waals surface area contributed by atoms with Crippen LogP contribution in [0.2, 0.25) is 0 Å². The predicted molar refractivity (Wildman–Crippen MR) is 116 cm³/mol. The number of hydrogen-bond acceptors (Lipinski definition) is 5. The number of benzene rings is 2. The van der Waals surface area contributed by atoms with Crippen LogP contribution in [0, 0.1) is 0 Å². The number of anilines is 3. The van der Waals surface area contributed by atoms with Gasteiger partial charge in [-0.25, -0.2) is 9.97 Å². The average molecular weight is 383 g/mol. The zero-order chi connectivity index (χ0) is 20.2. The summed E-state index contributed by atoms with van der Waals surface area (Å²) in [7, 11) is 0. The van der Waals surface area contributed by atoms with Crippen molar-refractivity contribution in [1.82, 2.24) is 15.0 Å². The fourth-order valence-corrected chi connectivity index (χ4v) is 2.99. The maximum atomic E-state index is 12.5. The summed E-state index contributed by atoms with van der Waals surface area (Å²) in [5.41, 5.74) is 4.00. The molecule has 0 fully saturated rings. The number of carbonyl (C=O) groups is 1. The summed E-state index contributed by atoms with van der Waals surface area (Å²) in [5, 5.41) is 7.06. The van der Waals surface area contributed by atoms with Crippen molar-refractivity contribution in [1.29, 1.82) is 0 Å². The molecule has 2 aromatic carbocycles. The van der Waals surface area contributed by atoms with Gasteiger partial charge in [0.2, 0.25) is 5.95 Å². The van der Waals surface area contributed by atoms with Gasteiger partial charge in [-0.3, -0.25) is 9.78 Å². The van der Waals surface area contributed by atoms with Crippen LogP contribution in [-0.4, -0.2) is 20.9 Å². The Morgan fingerprint density at radius 2 is 1.62 bits per heavy atom. The van der Waals surface area contributed by atoms with Gasteiger partial charge < -0.3 is 10.6 Å². The molecule has 0 unspecified atom stereocenters. The molecule has 6 nitrogen and oxygen atoms in total. The number of pyridine rings is 1. The van der Waals surface area contributed by atoms with Gasteiger partial charge in [-0.15, -0.1) is 0 Å². The van der Waals surface area contributed by atoms with Crippen molar-refractivity contribution < 1.29 is 4.79 Å². The smallest absolute Gasteiger partial charge is 0.258 e. The van der Waals surface area contributed by atoms with Crippen molar-refractivity contribution in [3.63, 3.8) is 0 Å². The number of hydrogen-bond donors (Lipinski definition) is 2. The lowest BCUT2D eigenvalue weighted by Gasteiger charge is -2.09. The summed E-state index contributed by atoms with van der Waals surface area (Å²) >= 11 is 0. The van der Waals surface area contributed by atoms with Crippen molar-refractivity contribution in [2.24, 2.45) is 0 Å². The Morgan fingerprint density at radius 3 is 2.34 bits per heavy atom. The van der Waals surface area contributed by atoms with E-state index in [4.69, 9.17) is 0 Å². The van der Waals surface area contributed by atoms with Crippen LogP contribution in [0.4, 0.5) is 17.3 Å². The molecule has 0 aliphatic heterocycles. The first-order chi connectivity index (χ1) is 14.1. The molecule has 0 aliphatic carbocycles. The van der Waals surface area contributed by atoms with Crippen LogP contribution in [0.5, 0.6) is 0 Å². The van der Waals surface area contributed by atoms with E-state index >= 15 is 0 Å². The quantitative estimate of drug-likeness (QED) is 0.498. The zero-order valence-corrected chi connectivity index (χ0v) is 16.3. The molecule has 0 saturated carbocycles. The maximum absolute atomic E-state index is 12.5. The standard InChI is InChI=1S/C23H21N5O/c1-15(2)16-8-10-19(11-9-16)27-22(29)18-13-25-23(26-14-18)28-20-7-3-5-17-6-4-12-24-21(17)20/h3-15H,1-2H3,(H,27,29)(H,25,26,28). The first-order valence-electron chi connectivity index (χ1n) is 9.44. The number of carbonyl (C=O) groups excluding carboxylic acids is 1. The number of para-hydroxylation sites is 1. The lowest BCUT2D eigenvalue weighted by Crippen LogP contribution is -2.13. The first kappa shape index (κ1) is 18.6. The van der Waals surface area contributed by atoms with Gasteiger partial charge in [-0.05, 0) is 35.7 Å². The van der Waals surface area contributed by atoms with E-state index in [9.17, 15) is 4.79 Å². The van der Waals surface area contributed by atoms with E-state index in [0.29, 0.717) is 17.4 Å². The third-order valence-corrected chi connectivity index (χ3v) is 4.63. The normalized spacial score (nSPS) is 10.9. The van der Waals surface area contributed by atoms with Crippen LogP contribution in [0.1, 0.15) is 35.7 Å². The second-order valence-corrected chi connectivity index (χ2v) is 7.03. The summed E-state index contributed by atoms with van der Waals surface area (Å²) in [6, 6.07) is 17.6. The highest BCUT2D eigenvalue weighted by atomic mass is 16.1. The molecule has 2 N–H and O–H groups in total. The van der Waals surface area contributed by atoms with Crippen molar-refractivity contribution in [3.05, 3.63) is 84.3 Å². The number of aromatic nitrogens is 3. The van der Waals surface area contributed by atoms with Crippen molar-refractivity contribution in [3.8, 4) is 0 Å². The molecule has 2 heterocycles. The van der Waals surface area contributed by atoms with E-state index in [0.717, 1.165) is 22.3 Å². The van der Waals surface area contributed by atoms with E-state index in [1.54, 1.807) is 6.20 Å². The van der Waals surface area contributed by atoms with Gasteiger partial charge in [-0.1, -0.05) is 44.2 Å². The van der Waals surface area contributed by atoms with E-state index in [2.05, 4.69) is 39.4 Å². The molecule has 2 aromatic heterocycles. The Hall–Kier alpha value is -3.80. The lowest BCUT2D eigenvalue weighted by molar-refractivity contribution is 0.102. The fourth-order valence-electron chi connectivity index (χ4n) is 2.99. The monoisotopic (exact) mass is 383 g/mol. The van der Waals surface area contributed by atoms with Crippen molar-refractivity contribution >= 4 is 34.1 Å². The minimum absolute atomic E-state index is 0.249. The van der Waals surface area contributed by atoms with Gasteiger partial charge in [0.15, 0.2) is 0 Å². The first-order valence-corrected chi connectivity index (χ1v) is 9.44. The Kier molecular flexibility index (Phi) is 5.16. The molecule has 144 valence electrons. The van der Waals surface area contributed by atoms with Crippen LogP contribution < -0.4 is 10.6 Å². The minimum atomic E-state index is -0.249. The Bertz CT molecular complexity index is 1130. The SMILES string of the molecule is CC(C)c1ccc(NC(=O)c2cnc(Nc3cccc4cccnc34)nc2)cc1. The second kappa shape index (κ2) is 8.06. The number of nitrogens with one attached hydrogen (secondary N) is 2. The average Bonchev–Trinajstić information content (AvgIpc) is 2.75. The zero-order valence-electron chi connectivity index (χ0n) is 16.3. The van der Waals surface area contributed by atoms with E-state index in [-0.39, 0.29) is 5.91 Å². The molecule has 29 heavy (non-hydrogen) atoms.